The Kier molecular flexibility index (Phi) is 4.19. The number of rotatable bonds is 4. The van der Waals surface area contributed by atoms with Gasteiger partial charge in [-0.1, -0.05) is 41.1 Å². The molecule has 0 aliphatic rings. The fourth-order valence-corrected chi connectivity index (χ4v) is 3.62. The summed E-state index contributed by atoms with van der Waals surface area (Å²) < 4.78 is 3.69. The van der Waals surface area contributed by atoms with Crippen molar-refractivity contribution in [2.45, 2.75) is 24.8 Å². The van der Waals surface area contributed by atoms with E-state index in [0.29, 0.717) is 10.8 Å². The molecule has 3 heterocycles. The van der Waals surface area contributed by atoms with Crippen LogP contribution in [0.4, 0.5) is 0 Å². The van der Waals surface area contributed by atoms with Gasteiger partial charge in [-0.15, -0.1) is 5.10 Å². The lowest BCUT2D eigenvalue weighted by Crippen LogP contribution is -2.01. The minimum atomic E-state index is 0.671. The van der Waals surface area contributed by atoms with Gasteiger partial charge in [0.2, 0.25) is 5.16 Å². The molecule has 6 nitrogen and oxygen atoms in total. The van der Waals surface area contributed by atoms with Crippen LogP contribution >= 0.6 is 23.4 Å². The molecule has 0 radical (unpaired) electrons. The second-order valence-electron chi connectivity index (χ2n) is 5.80. The van der Waals surface area contributed by atoms with Crippen LogP contribution in [0.15, 0.2) is 47.9 Å². The first-order valence-electron chi connectivity index (χ1n) is 7.72. The van der Waals surface area contributed by atoms with E-state index in [0.717, 1.165) is 27.7 Å². The smallest absolute Gasteiger partial charge is 0.214 e. The van der Waals surface area contributed by atoms with Gasteiger partial charge in [-0.3, -0.25) is 0 Å². The van der Waals surface area contributed by atoms with E-state index in [1.54, 1.807) is 16.4 Å². The second kappa shape index (κ2) is 6.50. The zero-order valence-corrected chi connectivity index (χ0v) is 15.3. The number of thioether (sulfide) groups is 1. The Morgan fingerprint density at radius 3 is 2.84 bits per heavy atom. The van der Waals surface area contributed by atoms with E-state index in [-0.39, 0.29) is 0 Å². The highest BCUT2D eigenvalue weighted by molar-refractivity contribution is 7.98. The van der Waals surface area contributed by atoms with Crippen LogP contribution in [0.25, 0.3) is 11.3 Å². The molecule has 0 saturated carbocycles. The minimum absolute atomic E-state index is 0.671. The van der Waals surface area contributed by atoms with E-state index < -0.39 is 0 Å². The number of pyridine rings is 1. The Bertz CT molecular complexity index is 1050. The fourth-order valence-electron chi connectivity index (χ4n) is 2.69. The molecular formula is C17H15ClN6S. The zero-order valence-electron chi connectivity index (χ0n) is 13.7. The van der Waals surface area contributed by atoms with E-state index in [4.69, 9.17) is 11.6 Å². The zero-order chi connectivity index (χ0) is 17.4. The third-order valence-corrected chi connectivity index (χ3v) is 5.01. The number of aryl methyl sites for hydroxylation is 2. The highest BCUT2D eigenvalue weighted by atomic mass is 35.5. The van der Waals surface area contributed by atoms with E-state index in [1.807, 2.05) is 35.0 Å². The Labute approximate surface area is 153 Å². The van der Waals surface area contributed by atoms with Crippen molar-refractivity contribution in [2.24, 2.45) is 0 Å². The average molecular weight is 371 g/mol. The van der Waals surface area contributed by atoms with E-state index in [2.05, 4.69) is 46.5 Å². The minimum Gasteiger partial charge on any atom is -0.305 e. The molecule has 0 aliphatic carbocycles. The molecule has 0 atom stereocenters. The summed E-state index contributed by atoms with van der Waals surface area (Å²) in [5, 5.41) is 13.5. The lowest BCUT2D eigenvalue weighted by atomic mass is 10.1. The van der Waals surface area contributed by atoms with Gasteiger partial charge in [-0.2, -0.15) is 4.68 Å². The molecule has 0 fully saturated rings. The summed E-state index contributed by atoms with van der Waals surface area (Å²) in [4.78, 5) is 4.59. The van der Waals surface area contributed by atoms with Gasteiger partial charge in [0.25, 0.3) is 0 Å². The lowest BCUT2D eigenvalue weighted by Gasteiger charge is -2.07. The maximum absolute atomic E-state index is 6.02. The van der Waals surface area contributed by atoms with Crippen molar-refractivity contribution in [3.63, 3.8) is 0 Å². The molecule has 0 N–H and O–H groups in total. The number of hydrogen-bond donors (Lipinski definition) is 0. The van der Waals surface area contributed by atoms with Gasteiger partial charge in [0.05, 0.1) is 16.4 Å². The van der Waals surface area contributed by atoms with E-state index >= 15 is 0 Å². The fraction of sp³-hybridized carbons (Fsp3) is 0.176. The van der Waals surface area contributed by atoms with Crippen molar-refractivity contribution < 1.29 is 0 Å². The molecule has 8 heteroatoms. The number of benzene rings is 1. The van der Waals surface area contributed by atoms with Crippen LogP contribution in [0.2, 0.25) is 5.02 Å². The SMILES string of the molecule is Cc1ccc(-n2nnnc2SCc2cn3cc(Cl)ccc3n2)c(C)c1. The number of tetrazole rings is 1. The number of hydrogen-bond acceptors (Lipinski definition) is 5. The first kappa shape index (κ1) is 16.1. The molecule has 4 rings (SSSR count). The predicted molar refractivity (Wildman–Crippen MR) is 98.4 cm³/mol. The van der Waals surface area contributed by atoms with Gasteiger partial charge < -0.3 is 4.40 Å². The summed E-state index contributed by atoms with van der Waals surface area (Å²) in [6.45, 7) is 4.13. The highest BCUT2D eigenvalue weighted by Crippen LogP contribution is 2.24. The van der Waals surface area contributed by atoms with Gasteiger partial charge in [0, 0.05) is 18.1 Å². The molecule has 25 heavy (non-hydrogen) atoms. The largest absolute Gasteiger partial charge is 0.305 e. The molecule has 1 aromatic carbocycles. The van der Waals surface area contributed by atoms with Crippen LogP contribution in [0.5, 0.6) is 0 Å². The van der Waals surface area contributed by atoms with Crippen molar-refractivity contribution in [3.05, 3.63) is 64.6 Å². The average Bonchev–Trinajstić information content (AvgIpc) is 3.18. The molecule has 0 aliphatic heterocycles. The summed E-state index contributed by atoms with van der Waals surface area (Å²) in [6, 6.07) is 9.96. The first-order chi connectivity index (χ1) is 12.1. The van der Waals surface area contributed by atoms with Gasteiger partial charge >= 0.3 is 0 Å². The van der Waals surface area contributed by atoms with E-state index in [9.17, 15) is 0 Å². The molecule has 0 amide bonds. The van der Waals surface area contributed by atoms with Gasteiger partial charge in [-0.05, 0) is 48.0 Å². The number of nitrogens with zero attached hydrogens (tertiary/aromatic N) is 6. The van der Waals surface area contributed by atoms with Crippen molar-refractivity contribution in [3.8, 4) is 5.69 Å². The van der Waals surface area contributed by atoms with Crippen LogP contribution in [0.1, 0.15) is 16.8 Å². The molecule has 3 aromatic heterocycles. The summed E-state index contributed by atoms with van der Waals surface area (Å²) >= 11 is 7.57. The number of fused-ring (bicyclic) bond motifs is 1. The topological polar surface area (TPSA) is 60.9 Å². The van der Waals surface area contributed by atoms with Crippen LogP contribution in [0, 0.1) is 13.8 Å². The Morgan fingerprint density at radius 1 is 1.12 bits per heavy atom. The summed E-state index contributed by atoms with van der Waals surface area (Å²) in [5.74, 6) is 0.671. The molecular weight excluding hydrogens is 356 g/mol. The van der Waals surface area contributed by atoms with Crippen LogP contribution < -0.4 is 0 Å². The second-order valence-corrected chi connectivity index (χ2v) is 7.18. The molecule has 0 unspecified atom stereocenters. The summed E-state index contributed by atoms with van der Waals surface area (Å²) in [5.41, 5.74) is 5.15. The van der Waals surface area contributed by atoms with Crippen LogP contribution in [-0.4, -0.2) is 29.6 Å². The van der Waals surface area contributed by atoms with Crippen molar-refractivity contribution in [2.75, 3.05) is 0 Å². The first-order valence-corrected chi connectivity index (χ1v) is 9.08. The summed E-state index contributed by atoms with van der Waals surface area (Å²) in [7, 11) is 0. The molecule has 0 bridgehead atoms. The third-order valence-electron chi connectivity index (χ3n) is 3.84. The van der Waals surface area contributed by atoms with Gasteiger partial charge in [-0.25, -0.2) is 4.98 Å². The Hall–Kier alpha value is -2.38. The standard InChI is InChI=1S/C17H15ClN6S/c1-11-3-5-15(12(2)7-11)24-17(20-21-22-24)25-10-14-9-23-8-13(18)4-6-16(23)19-14/h3-9H,10H2,1-2H3. The van der Waals surface area contributed by atoms with E-state index in [1.165, 1.54) is 5.56 Å². The number of aromatic nitrogens is 6. The maximum Gasteiger partial charge on any atom is 0.214 e. The van der Waals surface area contributed by atoms with Gasteiger partial charge in [0.15, 0.2) is 0 Å². The predicted octanol–water partition coefficient (Wildman–Crippen LogP) is 3.87. The molecule has 0 saturated heterocycles. The lowest BCUT2D eigenvalue weighted by molar-refractivity contribution is 0.751. The van der Waals surface area contributed by atoms with Crippen molar-refractivity contribution in [1.29, 1.82) is 0 Å². The van der Waals surface area contributed by atoms with Crippen LogP contribution in [0.3, 0.4) is 0 Å². The molecule has 4 aromatic rings. The normalized spacial score (nSPS) is 11.3. The number of imidazole rings is 1. The number of halogens is 1. The summed E-state index contributed by atoms with van der Waals surface area (Å²) in [6.07, 6.45) is 3.82. The highest BCUT2D eigenvalue weighted by Gasteiger charge is 2.12. The molecule has 126 valence electrons. The van der Waals surface area contributed by atoms with Crippen molar-refractivity contribution >= 4 is 29.0 Å². The van der Waals surface area contributed by atoms with Crippen LogP contribution in [-0.2, 0) is 5.75 Å². The van der Waals surface area contributed by atoms with Gasteiger partial charge in [0.1, 0.15) is 5.65 Å². The molecule has 0 spiro atoms. The Morgan fingerprint density at radius 2 is 2.00 bits per heavy atom. The Balaban J connectivity index is 1.58. The third kappa shape index (κ3) is 3.25. The maximum atomic E-state index is 6.02. The van der Waals surface area contributed by atoms with Crippen molar-refractivity contribution in [1.82, 2.24) is 29.6 Å². The monoisotopic (exact) mass is 370 g/mol. The quantitative estimate of drug-likeness (QED) is 0.510.